The molecule has 0 bridgehead atoms. The summed E-state index contributed by atoms with van der Waals surface area (Å²) in [4.78, 5) is 10.2. The summed E-state index contributed by atoms with van der Waals surface area (Å²) in [7, 11) is 0. The first-order valence-corrected chi connectivity index (χ1v) is 5.39. The van der Waals surface area contributed by atoms with Gasteiger partial charge in [0.25, 0.3) is 5.69 Å². The number of rotatable bonds is 2. The molecule has 0 amide bonds. The van der Waals surface area contributed by atoms with Crippen molar-refractivity contribution in [2.24, 2.45) is 0 Å². The van der Waals surface area contributed by atoms with E-state index in [0.29, 0.717) is 5.56 Å². The Balaban J connectivity index is 0.00000144. The van der Waals surface area contributed by atoms with E-state index in [1.807, 2.05) is 0 Å². The van der Waals surface area contributed by atoms with Gasteiger partial charge >= 0.3 is 0 Å². The smallest absolute Gasteiger partial charge is 0.270 e. The number of halogens is 1. The number of nitrogens with one attached hydrogen (secondary N) is 1. The van der Waals surface area contributed by atoms with Crippen LogP contribution in [0.5, 0.6) is 5.75 Å². The van der Waals surface area contributed by atoms with Gasteiger partial charge in [0.1, 0.15) is 5.75 Å². The first-order chi connectivity index (χ1) is 7.68. The van der Waals surface area contributed by atoms with Crippen LogP contribution >= 0.6 is 12.4 Å². The third kappa shape index (κ3) is 3.08. The van der Waals surface area contributed by atoms with E-state index < -0.39 is 4.92 Å². The van der Waals surface area contributed by atoms with Crippen molar-refractivity contribution in [1.82, 2.24) is 5.32 Å². The van der Waals surface area contributed by atoms with E-state index in [4.69, 9.17) is 0 Å². The van der Waals surface area contributed by atoms with Gasteiger partial charge < -0.3 is 10.4 Å². The summed E-state index contributed by atoms with van der Waals surface area (Å²) in [5, 5.41) is 23.6. The first kappa shape index (κ1) is 13.7. The maximum Gasteiger partial charge on any atom is 0.270 e. The van der Waals surface area contributed by atoms with Gasteiger partial charge in [-0.15, -0.1) is 12.4 Å². The Hall–Kier alpha value is -1.33. The van der Waals surface area contributed by atoms with Crippen molar-refractivity contribution >= 4 is 18.1 Å². The molecule has 1 atom stereocenters. The highest BCUT2D eigenvalue weighted by Gasteiger charge is 2.20. The van der Waals surface area contributed by atoms with E-state index in [2.05, 4.69) is 5.32 Å². The lowest BCUT2D eigenvalue weighted by Crippen LogP contribution is -2.26. The highest BCUT2D eigenvalue weighted by molar-refractivity contribution is 5.85. The molecule has 1 aliphatic heterocycles. The van der Waals surface area contributed by atoms with E-state index >= 15 is 0 Å². The Morgan fingerprint density at radius 2 is 2.18 bits per heavy atom. The maximum absolute atomic E-state index is 10.7. The third-order valence-electron chi connectivity index (χ3n) is 2.91. The summed E-state index contributed by atoms with van der Waals surface area (Å²) in [6, 6.07) is 4.21. The van der Waals surface area contributed by atoms with Crippen LogP contribution in [0.3, 0.4) is 0 Å². The van der Waals surface area contributed by atoms with Crippen LogP contribution in [0.2, 0.25) is 0 Å². The Kier molecular flexibility index (Phi) is 4.72. The van der Waals surface area contributed by atoms with Crippen molar-refractivity contribution < 1.29 is 10.0 Å². The van der Waals surface area contributed by atoms with Crippen LogP contribution in [0, 0.1) is 10.1 Å². The number of phenolic OH excluding ortho intramolecular Hbond substituents is 1. The Bertz CT molecular complexity index is 406. The van der Waals surface area contributed by atoms with Crippen molar-refractivity contribution in [3.63, 3.8) is 0 Å². The SMILES string of the molecule is Cl.O=[N+]([O-])c1ccc(O)c([C@H]2CCCCN2)c1. The summed E-state index contributed by atoms with van der Waals surface area (Å²) < 4.78 is 0. The predicted octanol–water partition coefficient (Wildman–Crippen LogP) is 2.54. The number of hydrogen-bond acceptors (Lipinski definition) is 4. The molecule has 2 rings (SSSR count). The number of nitrogens with zero attached hydrogens (tertiary/aromatic N) is 1. The second-order valence-corrected chi connectivity index (χ2v) is 4.00. The van der Waals surface area contributed by atoms with Crippen LogP contribution in [0.1, 0.15) is 30.9 Å². The standard InChI is InChI=1S/C11H14N2O3.ClH/c14-11-5-4-8(13(15)16)7-9(11)10-3-1-2-6-12-10;/h4-5,7,10,12,14H,1-3,6H2;1H/t10-;/m1./s1. The van der Waals surface area contributed by atoms with Gasteiger partial charge in [-0.2, -0.15) is 0 Å². The zero-order valence-electron chi connectivity index (χ0n) is 9.26. The van der Waals surface area contributed by atoms with Crippen LogP contribution in [-0.4, -0.2) is 16.6 Å². The average molecular weight is 259 g/mol. The zero-order chi connectivity index (χ0) is 11.5. The summed E-state index contributed by atoms with van der Waals surface area (Å²) in [5.74, 6) is 0.130. The Labute approximate surface area is 105 Å². The molecule has 1 aliphatic rings. The Morgan fingerprint density at radius 3 is 2.76 bits per heavy atom. The number of hydrogen-bond donors (Lipinski definition) is 2. The minimum atomic E-state index is -0.439. The first-order valence-electron chi connectivity index (χ1n) is 5.39. The quantitative estimate of drug-likeness (QED) is 0.631. The number of aromatic hydroxyl groups is 1. The maximum atomic E-state index is 10.7. The molecule has 0 unspecified atom stereocenters. The molecule has 0 radical (unpaired) electrons. The number of non-ortho nitro benzene ring substituents is 1. The molecule has 5 nitrogen and oxygen atoms in total. The second-order valence-electron chi connectivity index (χ2n) is 4.00. The fourth-order valence-corrected chi connectivity index (χ4v) is 2.05. The number of nitro benzene ring substituents is 1. The zero-order valence-corrected chi connectivity index (χ0v) is 10.1. The monoisotopic (exact) mass is 258 g/mol. The molecule has 1 saturated heterocycles. The van der Waals surface area contributed by atoms with E-state index in [1.54, 1.807) is 0 Å². The normalized spacial score (nSPS) is 19.4. The molecule has 6 heteroatoms. The fraction of sp³-hybridized carbons (Fsp3) is 0.455. The van der Waals surface area contributed by atoms with Crippen molar-refractivity contribution in [2.45, 2.75) is 25.3 Å². The van der Waals surface area contributed by atoms with Crippen LogP contribution in [0.4, 0.5) is 5.69 Å². The van der Waals surface area contributed by atoms with Gasteiger partial charge in [0.2, 0.25) is 0 Å². The third-order valence-corrected chi connectivity index (χ3v) is 2.91. The average Bonchev–Trinajstić information content (AvgIpc) is 2.30. The molecule has 0 spiro atoms. The van der Waals surface area contributed by atoms with Gasteiger partial charge in [-0.05, 0) is 25.5 Å². The molecule has 0 saturated carbocycles. The number of benzene rings is 1. The summed E-state index contributed by atoms with van der Waals surface area (Å²) in [6.07, 6.45) is 3.11. The molecule has 94 valence electrons. The lowest BCUT2D eigenvalue weighted by molar-refractivity contribution is -0.385. The topological polar surface area (TPSA) is 75.4 Å². The van der Waals surface area contributed by atoms with Gasteiger partial charge in [-0.3, -0.25) is 10.1 Å². The van der Waals surface area contributed by atoms with Gasteiger partial charge in [0.05, 0.1) is 4.92 Å². The van der Waals surface area contributed by atoms with Gasteiger partial charge in [0.15, 0.2) is 0 Å². The molecular formula is C11H15ClN2O3. The molecule has 1 heterocycles. The Morgan fingerprint density at radius 1 is 1.41 bits per heavy atom. The summed E-state index contributed by atoms with van der Waals surface area (Å²) in [6.45, 7) is 0.896. The molecular weight excluding hydrogens is 244 g/mol. The van der Waals surface area contributed by atoms with Crippen molar-refractivity contribution in [3.05, 3.63) is 33.9 Å². The highest BCUT2D eigenvalue weighted by atomic mass is 35.5. The molecule has 1 fully saturated rings. The predicted molar refractivity (Wildman–Crippen MR) is 66.6 cm³/mol. The van der Waals surface area contributed by atoms with E-state index in [1.165, 1.54) is 18.2 Å². The molecule has 2 N–H and O–H groups in total. The molecule has 1 aromatic carbocycles. The van der Waals surface area contributed by atoms with Gasteiger partial charge in [-0.1, -0.05) is 6.42 Å². The highest BCUT2D eigenvalue weighted by Crippen LogP contribution is 2.32. The van der Waals surface area contributed by atoms with Crippen molar-refractivity contribution in [1.29, 1.82) is 0 Å². The van der Waals surface area contributed by atoms with Crippen LogP contribution in [0.25, 0.3) is 0 Å². The minimum Gasteiger partial charge on any atom is -0.508 e. The van der Waals surface area contributed by atoms with E-state index in [9.17, 15) is 15.2 Å². The van der Waals surface area contributed by atoms with E-state index in [0.717, 1.165) is 25.8 Å². The summed E-state index contributed by atoms with van der Waals surface area (Å²) >= 11 is 0. The van der Waals surface area contributed by atoms with Crippen LogP contribution < -0.4 is 5.32 Å². The fourth-order valence-electron chi connectivity index (χ4n) is 2.05. The van der Waals surface area contributed by atoms with Crippen molar-refractivity contribution in [3.8, 4) is 5.75 Å². The van der Waals surface area contributed by atoms with Crippen LogP contribution in [-0.2, 0) is 0 Å². The molecule has 1 aromatic rings. The lowest BCUT2D eigenvalue weighted by Gasteiger charge is -2.24. The number of phenols is 1. The largest absolute Gasteiger partial charge is 0.508 e. The van der Waals surface area contributed by atoms with Gasteiger partial charge in [0, 0.05) is 23.7 Å². The lowest BCUT2D eigenvalue weighted by atomic mass is 9.96. The number of nitro groups is 1. The number of piperidine rings is 1. The van der Waals surface area contributed by atoms with Crippen LogP contribution in [0.15, 0.2) is 18.2 Å². The molecule has 17 heavy (non-hydrogen) atoms. The second kappa shape index (κ2) is 5.84. The molecule has 0 aliphatic carbocycles. The van der Waals surface area contributed by atoms with Gasteiger partial charge in [-0.25, -0.2) is 0 Å². The summed E-state index contributed by atoms with van der Waals surface area (Å²) in [5.41, 5.74) is 0.661. The molecule has 0 aromatic heterocycles. The minimum absolute atomic E-state index is 0. The van der Waals surface area contributed by atoms with Crippen molar-refractivity contribution in [2.75, 3.05) is 6.54 Å². The van der Waals surface area contributed by atoms with E-state index in [-0.39, 0.29) is 29.9 Å².